The van der Waals surface area contributed by atoms with Crippen molar-refractivity contribution >= 4 is 0 Å². The SMILES string of the molecule is Cc1nc(C2CC2)ccc1C#N. The number of hydrogen-bond donors (Lipinski definition) is 0. The molecule has 0 bridgehead atoms. The Labute approximate surface area is 71.9 Å². The molecule has 1 heterocycles. The Morgan fingerprint density at radius 1 is 1.50 bits per heavy atom. The molecule has 60 valence electrons. The lowest BCUT2D eigenvalue weighted by Gasteiger charge is -1.99. The first-order valence-corrected chi connectivity index (χ1v) is 4.19. The molecule has 0 atom stereocenters. The Hall–Kier alpha value is -1.36. The molecule has 0 aliphatic heterocycles. The highest BCUT2D eigenvalue weighted by molar-refractivity contribution is 5.34. The maximum absolute atomic E-state index is 8.67. The maximum atomic E-state index is 8.67. The van der Waals surface area contributed by atoms with E-state index in [1.165, 1.54) is 12.8 Å². The predicted octanol–water partition coefficient (Wildman–Crippen LogP) is 2.14. The van der Waals surface area contributed by atoms with Gasteiger partial charge in [0.2, 0.25) is 0 Å². The van der Waals surface area contributed by atoms with Crippen LogP contribution in [0.25, 0.3) is 0 Å². The van der Waals surface area contributed by atoms with Crippen molar-refractivity contribution in [1.29, 1.82) is 5.26 Å². The Kier molecular flexibility index (Phi) is 1.58. The highest BCUT2D eigenvalue weighted by atomic mass is 14.7. The van der Waals surface area contributed by atoms with E-state index in [0.717, 1.165) is 11.4 Å². The summed E-state index contributed by atoms with van der Waals surface area (Å²) >= 11 is 0. The third-order valence-electron chi connectivity index (χ3n) is 2.22. The van der Waals surface area contributed by atoms with Crippen molar-refractivity contribution < 1.29 is 0 Å². The van der Waals surface area contributed by atoms with Crippen molar-refractivity contribution in [3.05, 3.63) is 29.1 Å². The molecule has 0 amide bonds. The first-order chi connectivity index (χ1) is 5.81. The van der Waals surface area contributed by atoms with E-state index in [9.17, 15) is 0 Å². The average Bonchev–Trinajstić information content (AvgIpc) is 2.86. The van der Waals surface area contributed by atoms with Crippen LogP contribution in [-0.2, 0) is 0 Å². The standard InChI is InChI=1S/C10H10N2/c1-7-9(6-11)4-5-10(12-7)8-2-3-8/h4-5,8H,2-3H2,1H3. The van der Waals surface area contributed by atoms with Crippen molar-refractivity contribution in [2.24, 2.45) is 0 Å². The average molecular weight is 158 g/mol. The van der Waals surface area contributed by atoms with Crippen LogP contribution in [0.3, 0.4) is 0 Å². The maximum Gasteiger partial charge on any atom is 0.101 e. The molecule has 0 spiro atoms. The number of nitriles is 1. The summed E-state index contributed by atoms with van der Waals surface area (Å²) in [5.74, 6) is 0.677. The van der Waals surface area contributed by atoms with Crippen LogP contribution in [0.4, 0.5) is 0 Å². The van der Waals surface area contributed by atoms with Crippen LogP contribution < -0.4 is 0 Å². The molecule has 0 N–H and O–H groups in total. The second kappa shape index (κ2) is 2.60. The minimum absolute atomic E-state index is 0.677. The summed E-state index contributed by atoms with van der Waals surface area (Å²) in [6, 6.07) is 5.97. The van der Waals surface area contributed by atoms with E-state index < -0.39 is 0 Å². The normalized spacial score (nSPS) is 15.7. The molecular weight excluding hydrogens is 148 g/mol. The monoisotopic (exact) mass is 158 g/mol. The molecule has 0 aromatic carbocycles. The van der Waals surface area contributed by atoms with Crippen molar-refractivity contribution in [3.8, 4) is 6.07 Å². The summed E-state index contributed by atoms with van der Waals surface area (Å²) in [5.41, 5.74) is 2.72. The van der Waals surface area contributed by atoms with Crippen LogP contribution in [0.2, 0.25) is 0 Å². The molecular formula is C10H10N2. The lowest BCUT2D eigenvalue weighted by Crippen LogP contribution is -1.92. The molecule has 0 saturated heterocycles. The number of hydrogen-bond acceptors (Lipinski definition) is 2. The Morgan fingerprint density at radius 2 is 2.25 bits per heavy atom. The molecule has 1 saturated carbocycles. The number of aromatic nitrogens is 1. The molecule has 2 heteroatoms. The van der Waals surface area contributed by atoms with Gasteiger partial charge in [0.15, 0.2) is 0 Å². The second-order valence-corrected chi connectivity index (χ2v) is 3.26. The van der Waals surface area contributed by atoms with Gasteiger partial charge in [0.25, 0.3) is 0 Å². The first kappa shape index (κ1) is 7.30. The van der Waals surface area contributed by atoms with Crippen molar-refractivity contribution in [2.75, 3.05) is 0 Å². The van der Waals surface area contributed by atoms with Gasteiger partial charge in [-0.05, 0) is 31.9 Å². The summed E-state index contributed by atoms with van der Waals surface area (Å²) in [7, 11) is 0. The van der Waals surface area contributed by atoms with Crippen molar-refractivity contribution in [1.82, 2.24) is 4.98 Å². The van der Waals surface area contributed by atoms with E-state index in [1.54, 1.807) is 0 Å². The van der Waals surface area contributed by atoms with Crippen LogP contribution in [0, 0.1) is 18.3 Å². The molecule has 1 aromatic heterocycles. The van der Waals surface area contributed by atoms with Gasteiger partial charge in [-0.3, -0.25) is 4.98 Å². The van der Waals surface area contributed by atoms with E-state index in [0.29, 0.717) is 11.5 Å². The Morgan fingerprint density at radius 3 is 2.75 bits per heavy atom. The smallest absolute Gasteiger partial charge is 0.101 e. The van der Waals surface area contributed by atoms with Gasteiger partial charge in [0, 0.05) is 11.6 Å². The van der Waals surface area contributed by atoms with Crippen LogP contribution in [0.5, 0.6) is 0 Å². The molecule has 2 nitrogen and oxygen atoms in total. The summed E-state index contributed by atoms with van der Waals surface area (Å²) in [5, 5.41) is 8.67. The fourth-order valence-electron chi connectivity index (χ4n) is 1.31. The zero-order valence-corrected chi connectivity index (χ0v) is 7.04. The first-order valence-electron chi connectivity index (χ1n) is 4.19. The number of nitrogens with zero attached hydrogens (tertiary/aromatic N) is 2. The third-order valence-corrected chi connectivity index (χ3v) is 2.22. The van der Waals surface area contributed by atoms with E-state index in [1.807, 2.05) is 19.1 Å². The third kappa shape index (κ3) is 1.18. The quantitative estimate of drug-likeness (QED) is 0.627. The van der Waals surface area contributed by atoms with E-state index >= 15 is 0 Å². The highest BCUT2D eigenvalue weighted by Gasteiger charge is 2.24. The topological polar surface area (TPSA) is 36.7 Å². The molecule has 1 fully saturated rings. The fourth-order valence-corrected chi connectivity index (χ4v) is 1.31. The van der Waals surface area contributed by atoms with Gasteiger partial charge in [-0.2, -0.15) is 5.26 Å². The number of aryl methyl sites for hydroxylation is 1. The Bertz CT molecular complexity index is 345. The molecule has 1 aromatic rings. The van der Waals surface area contributed by atoms with Crippen LogP contribution in [-0.4, -0.2) is 4.98 Å². The lowest BCUT2D eigenvalue weighted by molar-refractivity contribution is 0.990. The van der Waals surface area contributed by atoms with E-state index in [2.05, 4.69) is 11.1 Å². The van der Waals surface area contributed by atoms with Gasteiger partial charge in [-0.15, -0.1) is 0 Å². The van der Waals surface area contributed by atoms with Crippen LogP contribution >= 0.6 is 0 Å². The Balaban J connectivity index is 2.38. The minimum Gasteiger partial charge on any atom is -0.257 e. The molecule has 1 aliphatic rings. The molecule has 0 unspecified atom stereocenters. The largest absolute Gasteiger partial charge is 0.257 e. The predicted molar refractivity (Wildman–Crippen MR) is 45.7 cm³/mol. The molecule has 12 heavy (non-hydrogen) atoms. The van der Waals surface area contributed by atoms with Gasteiger partial charge in [0.1, 0.15) is 6.07 Å². The van der Waals surface area contributed by atoms with Crippen LogP contribution in [0.15, 0.2) is 12.1 Å². The van der Waals surface area contributed by atoms with Gasteiger partial charge in [-0.1, -0.05) is 0 Å². The van der Waals surface area contributed by atoms with Crippen molar-refractivity contribution in [3.63, 3.8) is 0 Å². The lowest BCUT2D eigenvalue weighted by atomic mass is 10.1. The van der Waals surface area contributed by atoms with Crippen LogP contribution in [0.1, 0.15) is 35.7 Å². The summed E-state index contributed by atoms with van der Waals surface area (Å²) in [6.45, 7) is 1.89. The second-order valence-electron chi connectivity index (χ2n) is 3.26. The summed E-state index contributed by atoms with van der Waals surface area (Å²) < 4.78 is 0. The van der Waals surface area contributed by atoms with Gasteiger partial charge in [0.05, 0.1) is 11.3 Å². The fraction of sp³-hybridized carbons (Fsp3) is 0.400. The van der Waals surface area contributed by atoms with Gasteiger partial charge < -0.3 is 0 Å². The zero-order valence-electron chi connectivity index (χ0n) is 7.04. The highest BCUT2D eigenvalue weighted by Crippen LogP contribution is 2.38. The van der Waals surface area contributed by atoms with Gasteiger partial charge in [-0.25, -0.2) is 0 Å². The molecule has 0 radical (unpaired) electrons. The minimum atomic E-state index is 0.677. The summed E-state index contributed by atoms with van der Waals surface area (Å²) in [4.78, 5) is 4.38. The molecule has 1 aliphatic carbocycles. The number of pyridine rings is 1. The number of rotatable bonds is 1. The van der Waals surface area contributed by atoms with Gasteiger partial charge >= 0.3 is 0 Å². The molecule has 2 rings (SSSR count). The van der Waals surface area contributed by atoms with E-state index in [4.69, 9.17) is 5.26 Å². The van der Waals surface area contributed by atoms with Crippen molar-refractivity contribution in [2.45, 2.75) is 25.7 Å². The zero-order chi connectivity index (χ0) is 8.55. The summed E-state index contributed by atoms with van der Waals surface area (Å²) in [6.07, 6.45) is 2.52. The van der Waals surface area contributed by atoms with E-state index in [-0.39, 0.29) is 0 Å².